The highest BCUT2D eigenvalue weighted by Gasteiger charge is 2.08. The van der Waals surface area contributed by atoms with Gasteiger partial charge in [0.2, 0.25) is 5.91 Å². The lowest BCUT2D eigenvalue weighted by atomic mass is 10.2. The molecular formula is C6H13NO3S. The van der Waals surface area contributed by atoms with Crippen LogP contribution in [0, 0.1) is 5.92 Å². The fourth-order valence-corrected chi connectivity index (χ4v) is 0.811. The van der Waals surface area contributed by atoms with Crippen LogP contribution in [0.15, 0.2) is 0 Å². The first-order valence-electron chi connectivity index (χ1n) is 3.28. The van der Waals surface area contributed by atoms with E-state index in [-0.39, 0.29) is 17.7 Å². The summed E-state index contributed by atoms with van der Waals surface area (Å²) in [4.78, 5) is 10.8. The van der Waals surface area contributed by atoms with Crippen molar-refractivity contribution in [2.45, 2.75) is 13.8 Å². The van der Waals surface area contributed by atoms with E-state index in [0.717, 1.165) is 6.26 Å². The van der Waals surface area contributed by atoms with Gasteiger partial charge in [0.25, 0.3) is 0 Å². The topological polar surface area (TPSA) is 63.2 Å². The fraction of sp³-hybridized carbons (Fsp3) is 0.833. The lowest BCUT2D eigenvalue weighted by Crippen LogP contribution is -2.32. The number of amides is 1. The molecule has 0 rings (SSSR count). The Hall–Kier alpha value is -0.580. The predicted molar refractivity (Wildman–Crippen MR) is 42.7 cm³/mol. The molecule has 0 saturated heterocycles. The Morgan fingerprint density at radius 2 is 1.91 bits per heavy atom. The smallest absolute Gasteiger partial charge is 0.223 e. The molecule has 0 fully saturated rings. The van der Waals surface area contributed by atoms with Crippen LogP contribution in [-0.2, 0) is 14.6 Å². The van der Waals surface area contributed by atoms with E-state index in [1.807, 2.05) is 0 Å². The van der Waals surface area contributed by atoms with E-state index in [1.165, 1.54) is 0 Å². The van der Waals surface area contributed by atoms with Crippen LogP contribution in [0.1, 0.15) is 13.8 Å². The molecule has 0 aromatic heterocycles. The molecule has 0 heterocycles. The van der Waals surface area contributed by atoms with Gasteiger partial charge >= 0.3 is 0 Å². The summed E-state index contributed by atoms with van der Waals surface area (Å²) >= 11 is 0. The largest absolute Gasteiger partial charge is 0.342 e. The van der Waals surface area contributed by atoms with Crippen molar-refractivity contribution in [1.29, 1.82) is 0 Å². The summed E-state index contributed by atoms with van der Waals surface area (Å²) in [5, 5.41) is 2.30. The molecule has 1 N–H and O–H groups in total. The lowest BCUT2D eigenvalue weighted by Gasteiger charge is -2.05. The molecule has 11 heavy (non-hydrogen) atoms. The molecule has 66 valence electrons. The van der Waals surface area contributed by atoms with Crippen LogP contribution in [0.4, 0.5) is 0 Å². The number of nitrogens with one attached hydrogen (secondary N) is 1. The van der Waals surface area contributed by atoms with Crippen molar-refractivity contribution in [3.8, 4) is 0 Å². The summed E-state index contributed by atoms with van der Waals surface area (Å²) in [6.45, 7) is 3.41. The fourth-order valence-electron chi connectivity index (χ4n) is 0.406. The molecule has 0 bridgehead atoms. The molecule has 1 amide bonds. The summed E-state index contributed by atoms with van der Waals surface area (Å²) in [5.41, 5.74) is 0. The Bertz CT molecular complexity index is 230. The van der Waals surface area contributed by atoms with Crippen molar-refractivity contribution < 1.29 is 13.2 Å². The Balaban J connectivity index is 3.83. The van der Waals surface area contributed by atoms with E-state index in [9.17, 15) is 13.2 Å². The molecule has 0 unspecified atom stereocenters. The molecule has 0 radical (unpaired) electrons. The van der Waals surface area contributed by atoms with E-state index in [2.05, 4.69) is 5.32 Å². The van der Waals surface area contributed by atoms with Gasteiger partial charge in [0, 0.05) is 12.2 Å². The number of carbonyl (C=O) groups is 1. The SMILES string of the molecule is CC(C)C(=O)NCS(C)(=O)=O. The number of rotatable bonds is 3. The molecule has 0 atom stereocenters. The van der Waals surface area contributed by atoms with E-state index in [4.69, 9.17) is 0 Å². The van der Waals surface area contributed by atoms with Crippen molar-refractivity contribution in [2.75, 3.05) is 12.1 Å². The summed E-state index contributed by atoms with van der Waals surface area (Å²) in [5.74, 6) is -0.684. The van der Waals surface area contributed by atoms with Crippen LogP contribution in [0.2, 0.25) is 0 Å². The van der Waals surface area contributed by atoms with Crippen molar-refractivity contribution in [2.24, 2.45) is 5.92 Å². The van der Waals surface area contributed by atoms with Crippen LogP contribution in [-0.4, -0.2) is 26.5 Å². The molecule has 0 aliphatic heterocycles. The maximum absolute atomic E-state index is 10.8. The molecule has 0 aliphatic rings. The third kappa shape index (κ3) is 5.84. The first-order valence-corrected chi connectivity index (χ1v) is 5.34. The quantitative estimate of drug-likeness (QED) is 0.650. The molecule has 0 spiro atoms. The summed E-state index contributed by atoms with van der Waals surface area (Å²) in [7, 11) is -3.08. The predicted octanol–water partition coefficient (Wildman–Crippen LogP) is -0.239. The Kier molecular flexibility index (Phi) is 3.51. The summed E-state index contributed by atoms with van der Waals surface area (Å²) in [6.07, 6.45) is 1.08. The first kappa shape index (κ1) is 10.4. The normalized spacial score (nSPS) is 11.6. The second-order valence-electron chi connectivity index (χ2n) is 2.77. The van der Waals surface area contributed by atoms with Gasteiger partial charge in [-0.2, -0.15) is 0 Å². The highest BCUT2D eigenvalue weighted by atomic mass is 32.2. The van der Waals surface area contributed by atoms with Gasteiger partial charge in [-0.1, -0.05) is 13.8 Å². The molecular weight excluding hydrogens is 166 g/mol. The highest BCUT2D eigenvalue weighted by molar-refractivity contribution is 7.90. The van der Waals surface area contributed by atoms with Crippen molar-refractivity contribution in [3.05, 3.63) is 0 Å². The minimum atomic E-state index is -3.08. The third-order valence-electron chi connectivity index (χ3n) is 1.03. The van der Waals surface area contributed by atoms with Gasteiger partial charge < -0.3 is 5.32 Å². The van der Waals surface area contributed by atoms with Crippen molar-refractivity contribution in [1.82, 2.24) is 5.32 Å². The average molecular weight is 179 g/mol. The number of hydrogen-bond donors (Lipinski definition) is 1. The molecule has 0 aromatic rings. The molecule has 0 aliphatic carbocycles. The monoisotopic (exact) mass is 179 g/mol. The average Bonchev–Trinajstić information content (AvgIpc) is 1.80. The van der Waals surface area contributed by atoms with Gasteiger partial charge in [0.05, 0.1) is 0 Å². The van der Waals surface area contributed by atoms with Crippen LogP contribution in [0.5, 0.6) is 0 Å². The van der Waals surface area contributed by atoms with E-state index in [0.29, 0.717) is 0 Å². The second kappa shape index (κ2) is 3.71. The number of carbonyl (C=O) groups excluding carboxylic acids is 1. The molecule has 5 heteroatoms. The highest BCUT2D eigenvalue weighted by Crippen LogP contribution is 1.90. The van der Waals surface area contributed by atoms with Gasteiger partial charge in [0.1, 0.15) is 5.88 Å². The second-order valence-corrected chi connectivity index (χ2v) is 4.91. The molecule has 0 saturated carbocycles. The van der Waals surface area contributed by atoms with Crippen LogP contribution >= 0.6 is 0 Å². The van der Waals surface area contributed by atoms with Gasteiger partial charge in [-0.3, -0.25) is 4.79 Å². The van der Waals surface area contributed by atoms with Crippen LogP contribution < -0.4 is 5.32 Å². The first-order chi connectivity index (χ1) is 4.83. The molecule has 4 nitrogen and oxygen atoms in total. The minimum absolute atomic E-state index is 0.170. The Morgan fingerprint density at radius 3 is 2.18 bits per heavy atom. The zero-order valence-corrected chi connectivity index (χ0v) is 7.73. The number of hydrogen-bond acceptors (Lipinski definition) is 3. The Morgan fingerprint density at radius 1 is 1.45 bits per heavy atom. The zero-order chi connectivity index (χ0) is 9.07. The van der Waals surface area contributed by atoms with Gasteiger partial charge in [0.15, 0.2) is 9.84 Å². The summed E-state index contributed by atoms with van der Waals surface area (Å²) in [6, 6.07) is 0. The third-order valence-corrected chi connectivity index (χ3v) is 1.70. The van der Waals surface area contributed by atoms with Gasteiger partial charge in [-0.25, -0.2) is 8.42 Å². The minimum Gasteiger partial charge on any atom is -0.342 e. The number of sulfone groups is 1. The standard InChI is InChI=1S/C6H13NO3S/c1-5(2)6(8)7-4-11(3,9)10/h5H,4H2,1-3H3,(H,7,8). The van der Waals surface area contributed by atoms with E-state index < -0.39 is 9.84 Å². The van der Waals surface area contributed by atoms with E-state index >= 15 is 0 Å². The zero-order valence-electron chi connectivity index (χ0n) is 6.92. The Labute approximate surface area is 66.9 Å². The molecule has 0 aromatic carbocycles. The summed E-state index contributed by atoms with van der Waals surface area (Å²) < 4.78 is 21.1. The van der Waals surface area contributed by atoms with Crippen molar-refractivity contribution >= 4 is 15.7 Å². The maximum Gasteiger partial charge on any atom is 0.223 e. The van der Waals surface area contributed by atoms with E-state index in [1.54, 1.807) is 13.8 Å². The van der Waals surface area contributed by atoms with Crippen molar-refractivity contribution in [3.63, 3.8) is 0 Å². The lowest BCUT2D eigenvalue weighted by molar-refractivity contribution is -0.123. The van der Waals surface area contributed by atoms with Gasteiger partial charge in [-0.15, -0.1) is 0 Å². The van der Waals surface area contributed by atoms with Crippen LogP contribution in [0.25, 0.3) is 0 Å². The van der Waals surface area contributed by atoms with Crippen LogP contribution in [0.3, 0.4) is 0 Å². The maximum atomic E-state index is 10.8. The van der Waals surface area contributed by atoms with Gasteiger partial charge in [-0.05, 0) is 0 Å².